The van der Waals surface area contributed by atoms with E-state index in [9.17, 15) is 0 Å². The van der Waals surface area contributed by atoms with Gasteiger partial charge in [0.25, 0.3) is 0 Å². The summed E-state index contributed by atoms with van der Waals surface area (Å²) in [4.78, 5) is 0. The summed E-state index contributed by atoms with van der Waals surface area (Å²) in [6, 6.07) is 8.04. The molecule has 1 fully saturated rings. The average molecular weight is 239 g/mol. The Labute approximate surface area is 102 Å². The number of benzene rings is 1. The normalized spacial score (nSPS) is 20.9. The van der Waals surface area contributed by atoms with Gasteiger partial charge in [0.2, 0.25) is 0 Å². The SMILES string of the molecule is Clc1cccc(CNCC2CCCNC2)c1. The molecule has 1 atom stereocenters. The quantitative estimate of drug-likeness (QED) is 0.842. The van der Waals surface area contributed by atoms with Crippen LogP contribution >= 0.6 is 11.6 Å². The molecule has 1 saturated heterocycles. The first-order valence-corrected chi connectivity index (χ1v) is 6.38. The minimum Gasteiger partial charge on any atom is -0.316 e. The predicted molar refractivity (Wildman–Crippen MR) is 68.8 cm³/mol. The van der Waals surface area contributed by atoms with E-state index in [0.717, 1.165) is 30.6 Å². The van der Waals surface area contributed by atoms with Crippen molar-refractivity contribution in [2.75, 3.05) is 19.6 Å². The number of hydrogen-bond acceptors (Lipinski definition) is 2. The lowest BCUT2D eigenvalue weighted by atomic mass is 10.00. The van der Waals surface area contributed by atoms with Crippen LogP contribution in [0.5, 0.6) is 0 Å². The fraction of sp³-hybridized carbons (Fsp3) is 0.538. The highest BCUT2D eigenvalue weighted by molar-refractivity contribution is 6.30. The Kier molecular flexibility index (Phi) is 4.64. The highest BCUT2D eigenvalue weighted by atomic mass is 35.5. The summed E-state index contributed by atoms with van der Waals surface area (Å²) in [5, 5.41) is 7.75. The van der Waals surface area contributed by atoms with Crippen LogP contribution in [0, 0.1) is 5.92 Å². The highest BCUT2D eigenvalue weighted by Gasteiger charge is 2.11. The molecule has 2 nitrogen and oxygen atoms in total. The van der Waals surface area contributed by atoms with Crippen molar-refractivity contribution < 1.29 is 0 Å². The topological polar surface area (TPSA) is 24.1 Å². The van der Waals surface area contributed by atoms with E-state index >= 15 is 0 Å². The van der Waals surface area contributed by atoms with E-state index in [1.807, 2.05) is 18.2 Å². The minimum absolute atomic E-state index is 0.785. The predicted octanol–water partition coefficient (Wildman–Crippen LogP) is 2.43. The van der Waals surface area contributed by atoms with Gasteiger partial charge >= 0.3 is 0 Å². The van der Waals surface area contributed by atoms with Crippen LogP contribution in [0.4, 0.5) is 0 Å². The molecule has 16 heavy (non-hydrogen) atoms. The third kappa shape index (κ3) is 3.78. The zero-order valence-electron chi connectivity index (χ0n) is 9.51. The van der Waals surface area contributed by atoms with Crippen molar-refractivity contribution in [2.45, 2.75) is 19.4 Å². The molecule has 0 aromatic heterocycles. The maximum absolute atomic E-state index is 5.93. The van der Waals surface area contributed by atoms with Crippen LogP contribution < -0.4 is 10.6 Å². The van der Waals surface area contributed by atoms with Gasteiger partial charge in [0, 0.05) is 11.6 Å². The summed E-state index contributed by atoms with van der Waals surface area (Å²) in [6.07, 6.45) is 2.65. The first-order chi connectivity index (χ1) is 7.84. The van der Waals surface area contributed by atoms with Crippen LogP contribution in [0.15, 0.2) is 24.3 Å². The number of halogens is 1. The molecule has 0 spiro atoms. The first kappa shape index (κ1) is 11.9. The highest BCUT2D eigenvalue weighted by Crippen LogP contribution is 2.11. The second-order valence-corrected chi connectivity index (χ2v) is 4.91. The van der Waals surface area contributed by atoms with Gasteiger partial charge in [-0.1, -0.05) is 23.7 Å². The molecular weight excluding hydrogens is 220 g/mol. The lowest BCUT2D eigenvalue weighted by molar-refractivity contribution is 0.360. The molecule has 1 aromatic carbocycles. The number of piperidine rings is 1. The molecule has 2 N–H and O–H groups in total. The first-order valence-electron chi connectivity index (χ1n) is 6.00. The van der Waals surface area contributed by atoms with E-state index in [0.29, 0.717) is 0 Å². The van der Waals surface area contributed by atoms with Crippen molar-refractivity contribution in [1.82, 2.24) is 10.6 Å². The third-order valence-corrected chi connectivity index (χ3v) is 3.29. The molecule has 2 rings (SSSR count). The van der Waals surface area contributed by atoms with E-state index in [2.05, 4.69) is 16.7 Å². The van der Waals surface area contributed by atoms with E-state index in [-0.39, 0.29) is 0 Å². The van der Waals surface area contributed by atoms with Gasteiger partial charge in [-0.25, -0.2) is 0 Å². The molecule has 0 saturated carbocycles. The summed E-state index contributed by atoms with van der Waals surface area (Å²) < 4.78 is 0. The van der Waals surface area contributed by atoms with Crippen LogP contribution in [-0.2, 0) is 6.54 Å². The summed E-state index contributed by atoms with van der Waals surface area (Å²) in [7, 11) is 0. The molecule has 3 heteroatoms. The van der Waals surface area contributed by atoms with E-state index in [4.69, 9.17) is 11.6 Å². The Morgan fingerprint density at radius 3 is 3.12 bits per heavy atom. The standard InChI is InChI=1S/C13H19ClN2/c14-13-5-1-3-11(7-13)8-16-10-12-4-2-6-15-9-12/h1,3,5,7,12,15-16H,2,4,6,8-10H2. The van der Waals surface area contributed by atoms with Crippen LogP contribution in [0.2, 0.25) is 5.02 Å². The Balaban J connectivity index is 1.71. The average Bonchev–Trinajstić information content (AvgIpc) is 2.30. The smallest absolute Gasteiger partial charge is 0.0409 e. The lowest BCUT2D eigenvalue weighted by Crippen LogP contribution is -2.35. The van der Waals surface area contributed by atoms with Gasteiger partial charge in [0.05, 0.1) is 0 Å². The molecular formula is C13H19ClN2. The molecule has 1 aliphatic rings. The fourth-order valence-electron chi connectivity index (χ4n) is 2.17. The van der Waals surface area contributed by atoms with E-state index in [1.165, 1.54) is 24.9 Å². The zero-order valence-corrected chi connectivity index (χ0v) is 10.3. The van der Waals surface area contributed by atoms with Gasteiger partial charge in [-0.3, -0.25) is 0 Å². The molecule has 0 amide bonds. The van der Waals surface area contributed by atoms with Crippen molar-refractivity contribution in [3.8, 4) is 0 Å². The minimum atomic E-state index is 0.785. The van der Waals surface area contributed by atoms with Gasteiger partial charge in [0.1, 0.15) is 0 Å². The van der Waals surface area contributed by atoms with Crippen molar-refractivity contribution in [3.63, 3.8) is 0 Å². The molecule has 1 heterocycles. The van der Waals surface area contributed by atoms with Crippen molar-refractivity contribution in [1.29, 1.82) is 0 Å². The van der Waals surface area contributed by atoms with Gasteiger partial charge in [-0.05, 0) is 56.1 Å². The van der Waals surface area contributed by atoms with Crippen LogP contribution in [0.3, 0.4) is 0 Å². The molecule has 88 valence electrons. The maximum atomic E-state index is 5.93. The summed E-state index contributed by atoms with van der Waals surface area (Å²) >= 11 is 5.93. The second kappa shape index (κ2) is 6.24. The Hall–Kier alpha value is -0.570. The van der Waals surface area contributed by atoms with Crippen LogP contribution in [-0.4, -0.2) is 19.6 Å². The van der Waals surface area contributed by atoms with Crippen LogP contribution in [0.1, 0.15) is 18.4 Å². The number of nitrogens with one attached hydrogen (secondary N) is 2. The molecule has 0 aliphatic carbocycles. The monoisotopic (exact) mass is 238 g/mol. The number of rotatable bonds is 4. The van der Waals surface area contributed by atoms with Gasteiger partial charge in [0.15, 0.2) is 0 Å². The van der Waals surface area contributed by atoms with Crippen molar-refractivity contribution in [2.24, 2.45) is 5.92 Å². The molecule has 1 aliphatic heterocycles. The Morgan fingerprint density at radius 1 is 1.44 bits per heavy atom. The Morgan fingerprint density at radius 2 is 2.38 bits per heavy atom. The molecule has 1 unspecified atom stereocenters. The third-order valence-electron chi connectivity index (χ3n) is 3.05. The van der Waals surface area contributed by atoms with Crippen LogP contribution in [0.25, 0.3) is 0 Å². The van der Waals surface area contributed by atoms with E-state index < -0.39 is 0 Å². The van der Waals surface area contributed by atoms with Crippen molar-refractivity contribution in [3.05, 3.63) is 34.9 Å². The van der Waals surface area contributed by atoms with Gasteiger partial charge in [-0.15, -0.1) is 0 Å². The summed E-state index contributed by atoms with van der Waals surface area (Å²) in [5.74, 6) is 0.785. The largest absolute Gasteiger partial charge is 0.316 e. The second-order valence-electron chi connectivity index (χ2n) is 4.47. The van der Waals surface area contributed by atoms with Gasteiger partial charge in [-0.2, -0.15) is 0 Å². The Bertz CT molecular complexity index is 321. The lowest BCUT2D eigenvalue weighted by Gasteiger charge is -2.22. The zero-order chi connectivity index (χ0) is 11.2. The molecule has 0 radical (unpaired) electrons. The maximum Gasteiger partial charge on any atom is 0.0409 e. The summed E-state index contributed by atoms with van der Waals surface area (Å²) in [6.45, 7) is 4.35. The van der Waals surface area contributed by atoms with Crippen molar-refractivity contribution >= 4 is 11.6 Å². The molecule has 1 aromatic rings. The summed E-state index contributed by atoms with van der Waals surface area (Å²) in [5.41, 5.74) is 1.26. The fourth-order valence-corrected chi connectivity index (χ4v) is 2.38. The van der Waals surface area contributed by atoms with E-state index in [1.54, 1.807) is 0 Å². The number of hydrogen-bond donors (Lipinski definition) is 2. The van der Waals surface area contributed by atoms with Gasteiger partial charge < -0.3 is 10.6 Å². The molecule has 0 bridgehead atoms.